The van der Waals surface area contributed by atoms with E-state index < -0.39 is 0 Å². The number of methoxy groups -OCH3 is 1. The van der Waals surface area contributed by atoms with Crippen LogP contribution in [0.25, 0.3) is 0 Å². The van der Waals surface area contributed by atoms with E-state index >= 15 is 0 Å². The first-order chi connectivity index (χ1) is 9.49. The monoisotopic (exact) mass is 338 g/mol. The standard InChI is InChI=1S/C15H19BrN2O2/c1-11(2)10-18(8-4-7-17)15(19)12-5-6-14(20-3)13(16)9-12/h5-6,9,11H,4,8,10H2,1-3H3. The first-order valence-corrected chi connectivity index (χ1v) is 7.28. The quantitative estimate of drug-likeness (QED) is 0.797. The largest absolute Gasteiger partial charge is 0.496 e. The van der Waals surface area contributed by atoms with Crippen LogP contribution in [-0.2, 0) is 0 Å². The Morgan fingerprint density at radius 3 is 2.70 bits per heavy atom. The topological polar surface area (TPSA) is 53.3 Å². The first kappa shape index (κ1) is 16.5. The molecule has 0 saturated heterocycles. The van der Waals surface area contributed by atoms with Crippen molar-refractivity contribution in [2.24, 2.45) is 5.92 Å². The van der Waals surface area contributed by atoms with Crippen LogP contribution < -0.4 is 4.74 Å². The Morgan fingerprint density at radius 2 is 2.20 bits per heavy atom. The van der Waals surface area contributed by atoms with Crippen molar-refractivity contribution < 1.29 is 9.53 Å². The van der Waals surface area contributed by atoms with Gasteiger partial charge in [0.1, 0.15) is 5.75 Å². The highest BCUT2D eigenvalue weighted by Gasteiger charge is 2.17. The second kappa shape index (κ2) is 7.91. The lowest BCUT2D eigenvalue weighted by Crippen LogP contribution is -2.35. The number of halogens is 1. The van der Waals surface area contributed by atoms with E-state index in [2.05, 4.69) is 35.8 Å². The fourth-order valence-corrected chi connectivity index (χ4v) is 2.42. The number of amides is 1. The van der Waals surface area contributed by atoms with Crippen LogP contribution in [0.4, 0.5) is 0 Å². The average Bonchev–Trinajstić information content (AvgIpc) is 2.42. The fourth-order valence-electron chi connectivity index (χ4n) is 1.88. The summed E-state index contributed by atoms with van der Waals surface area (Å²) in [6.45, 7) is 5.20. The molecule has 108 valence electrons. The van der Waals surface area contributed by atoms with E-state index in [1.165, 1.54) is 0 Å². The number of rotatable bonds is 6. The van der Waals surface area contributed by atoms with Gasteiger partial charge in [0.15, 0.2) is 0 Å². The predicted octanol–water partition coefficient (Wildman–Crippen LogP) is 3.47. The van der Waals surface area contributed by atoms with E-state index in [0.717, 1.165) is 4.47 Å². The van der Waals surface area contributed by atoms with Crippen LogP contribution >= 0.6 is 15.9 Å². The molecule has 0 saturated carbocycles. The molecule has 20 heavy (non-hydrogen) atoms. The van der Waals surface area contributed by atoms with Gasteiger partial charge in [-0.2, -0.15) is 5.26 Å². The molecule has 0 atom stereocenters. The molecule has 0 aromatic heterocycles. The van der Waals surface area contributed by atoms with E-state index in [1.54, 1.807) is 30.2 Å². The normalized spacial score (nSPS) is 10.2. The zero-order chi connectivity index (χ0) is 15.1. The van der Waals surface area contributed by atoms with Gasteiger partial charge in [-0.25, -0.2) is 0 Å². The van der Waals surface area contributed by atoms with E-state index in [-0.39, 0.29) is 5.91 Å². The van der Waals surface area contributed by atoms with Gasteiger partial charge >= 0.3 is 0 Å². The van der Waals surface area contributed by atoms with E-state index in [0.29, 0.717) is 36.7 Å². The van der Waals surface area contributed by atoms with Crippen LogP contribution in [0, 0.1) is 17.2 Å². The molecule has 0 aliphatic heterocycles. The lowest BCUT2D eigenvalue weighted by molar-refractivity contribution is 0.0740. The molecule has 5 heteroatoms. The van der Waals surface area contributed by atoms with Crippen LogP contribution in [0.5, 0.6) is 5.75 Å². The van der Waals surface area contributed by atoms with Crippen LogP contribution in [0.2, 0.25) is 0 Å². The molecular formula is C15H19BrN2O2. The predicted molar refractivity (Wildman–Crippen MR) is 81.7 cm³/mol. The highest BCUT2D eigenvalue weighted by atomic mass is 79.9. The molecule has 0 N–H and O–H groups in total. The lowest BCUT2D eigenvalue weighted by atomic mass is 10.1. The zero-order valence-electron chi connectivity index (χ0n) is 12.0. The number of nitriles is 1. The maximum atomic E-state index is 12.5. The summed E-state index contributed by atoms with van der Waals surface area (Å²) in [6.07, 6.45) is 0.343. The molecule has 0 bridgehead atoms. The number of benzene rings is 1. The minimum absolute atomic E-state index is 0.0581. The summed E-state index contributed by atoms with van der Waals surface area (Å²) >= 11 is 3.38. The van der Waals surface area contributed by atoms with Gasteiger partial charge in [0.05, 0.1) is 24.1 Å². The highest BCUT2D eigenvalue weighted by Crippen LogP contribution is 2.26. The summed E-state index contributed by atoms with van der Waals surface area (Å²) in [5.41, 5.74) is 0.594. The van der Waals surface area contributed by atoms with Crippen molar-refractivity contribution in [3.05, 3.63) is 28.2 Å². The van der Waals surface area contributed by atoms with Crippen LogP contribution in [0.1, 0.15) is 30.6 Å². The lowest BCUT2D eigenvalue weighted by Gasteiger charge is -2.24. The molecule has 0 aliphatic carbocycles. The van der Waals surface area contributed by atoms with Crippen molar-refractivity contribution in [3.63, 3.8) is 0 Å². The third-order valence-electron chi connectivity index (χ3n) is 2.77. The average molecular weight is 339 g/mol. The molecular weight excluding hydrogens is 320 g/mol. The SMILES string of the molecule is COc1ccc(C(=O)N(CCC#N)CC(C)C)cc1Br. The Kier molecular flexibility index (Phi) is 6.53. The van der Waals surface area contributed by atoms with Gasteiger partial charge in [-0.15, -0.1) is 0 Å². The highest BCUT2D eigenvalue weighted by molar-refractivity contribution is 9.10. The van der Waals surface area contributed by atoms with Crippen LogP contribution in [0.15, 0.2) is 22.7 Å². The van der Waals surface area contributed by atoms with Crippen molar-refractivity contribution >= 4 is 21.8 Å². The van der Waals surface area contributed by atoms with Gasteiger partial charge in [0, 0.05) is 18.7 Å². The summed E-state index contributed by atoms with van der Waals surface area (Å²) in [6, 6.07) is 7.34. The Balaban J connectivity index is 2.93. The number of hydrogen-bond donors (Lipinski definition) is 0. The second-order valence-electron chi connectivity index (χ2n) is 4.90. The van der Waals surface area contributed by atoms with Crippen molar-refractivity contribution in [1.29, 1.82) is 5.26 Å². The Labute approximate surface area is 128 Å². The summed E-state index contributed by atoms with van der Waals surface area (Å²) < 4.78 is 5.90. The smallest absolute Gasteiger partial charge is 0.253 e. The van der Waals surface area contributed by atoms with Gasteiger partial charge < -0.3 is 9.64 Å². The van der Waals surface area contributed by atoms with E-state index in [9.17, 15) is 4.79 Å². The molecule has 0 aliphatic rings. The molecule has 1 aromatic rings. The maximum Gasteiger partial charge on any atom is 0.253 e. The number of nitrogens with zero attached hydrogens (tertiary/aromatic N) is 2. The van der Waals surface area contributed by atoms with Crippen LogP contribution in [0.3, 0.4) is 0 Å². The Bertz CT molecular complexity index is 509. The van der Waals surface area contributed by atoms with Crippen molar-refractivity contribution in [2.75, 3.05) is 20.2 Å². The minimum Gasteiger partial charge on any atom is -0.496 e. The number of carbonyl (C=O) groups is 1. The third-order valence-corrected chi connectivity index (χ3v) is 3.38. The number of ether oxygens (including phenoxy) is 1. The first-order valence-electron chi connectivity index (χ1n) is 6.49. The number of hydrogen-bond acceptors (Lipinski definition) is 3. The van der Waals surface area contributed by atoms with Gasteiger partial charge in [0.2, 0.25) is 0 Å². The molecule has 0 unspecified atom stereocenters. The Morgan fingerprint density at radius 1 is 1.50 bits per heavy atom. The molecule has 4 nitrogen and oxygen atoms in total. The molecule has 0 spiro atoms. The number of carbonyl (C=O) groups excluding carboxylic acids is 1. The summed E-state index contributed by atoms with van der Waals surface area (Å²) in [4.78, 5) is 14.2. The summed E-state index contributed by atoms with van der Waals surface area (Å²) in [5.74, 6) is 0.991. The van der Waals surface area contributed by atoms with Gasteiger partial charge in [-0.1, -0.05) is 13.8 Å². The van der Waals surface area contributed by atoms with Crippen molar-refractivity contribution in [3.8, 4) is 11.8 Å². The maximum absolute atomic E-state index is 12.5. The Hall–Kier alpha value is -1.54. The molecule has 0 heterocycles. The molecule has 0 radical (unpaired) electrons. The van der Waals surface area contributed by atoms with Gasteiger partial charge in [0.25, 0.3) is 5.91 Å². The van der Waals surface area contributed by atoms with E-state index in [4.69, 9.17) is 10.00 Å². The van der Waals surface area contributed by atoms with Crippen molar-refractivity contribution in [2.45, 2.75) is 20.3 Å². The molecule has 1 amide bonds. The van der Waals surface area contributed by atoms with Gasteiger partial charge in [-0.3, -0.25) is 4.79 Å². The van der Waals surface area contributed by atoms with Gasteiger partial charge in [-0.05, 0) is 40.0 Å². The van der Waals surface area contributed by atoms with Crippen LogP contribution in [-0.4, -0.2) is 31.0 Å². The molecule has 1 rings (SSSR count). The second-order valence-corrected chi connectivity index (χ2v) is 5.76. The fraction of sp³-hybridized carbons (Fsp3) is 0.467. The molecule has 1 aromatic carbocycles. The van der Waals surface area contributed by atoms with Crippen molar-refractivity contribution in [1.82, 2.24) is 4.90 Å². The van der Waals surface area contributed by atoms with E-state index in [1.807, 2.05) is 0 Å². The molecule has 0 fully saturated rings. The minimum atomic E-state index is -0.0581. The third kappa shape index (κ3) is 4.53. The summed E-state index contributed by atoms with van der Waals surface area (Å²) in [5, 5.41) is 8.70. The summed E-state index contributed by atoms with van der Waals surface area (Å²) in [7, 11) is 1.58. The zero-order valence-corrected chi connectivity index (χ0v) is 13.6.